The molecule has 0 aliphatic heterocycles. The minimum absolute atomic E-state index is 0.309. The highest BCUT2D eigenvalue weighted by molar-refractivity contribution is 4.65. The lowest BCUT2D eigenvalue weighted by Gasteiger charge is -2.14. The van der Waals surface area contributed by atoms with E-state index < -0.39 is 12.3 Å². The summed E-state index contributed by atoms with van der Waals surface area (Å²) in [5.74, 6) is 0. The molecule has 0 aliphatic rings. The van der Waals surface area contributed by atoms with Gasteiger partial charge in [0.15, 0.2) is 0 Å². The van der Waals surface area contributed by atoms with Gasteiger partial charge in [-0.25, -0.2) is 0 Å². The molecule has 0 radical (unpaired) electrons. The van der Waals surface area contributed by atoms with Crippen LogP contribution < -0.4 is 11.5 Å². The second-order valence-corrected chi connectivity index (χ2v) is 2.92. The molecule has 0 aromatic carbocycles. The minimum Gasteiger partial charge on any atom is -0.393 e. The largest absolute Gasteiger partial charge is 0.393 e. The number of aliphatic hydroxyl groups excluding tert-OH is 2. The first-order chi connectivity index (χ1) is 5.04. The topological polar surface area (TPSA) is 92.5 Å². The fourth-order valence-electron chi connectivity index (χ4n) is 0.815. The van der Waals surface area contributed by atoms with Crippen LogP contribution in [0.2, 0.25) is 0 Å². The van der Waals surface area contributed by atoms with Crippen molar-refractivity contribution in [3.05, 3.63) is 0 Å². The molecule has 0 fully saturated rings. The van der Waals surface area contributed by atoms with Gasteiger partial charge in [0.1, 0.15) is 0 Å². The molecule has 2 unspecified atom stereocenters. The normalized spacial score (nSPS) is 16.9. The van der Waals surface area contributed by atoms with Gasteiger partial charge >= 0.3 is 0 Å². The van der Waals surface area contributed by atoms with Crippen molar-refractivity contribution in [1.29, 1.82) is 0 Å². The van der Waals surface area contributed by atoms with Gasteiger partial charge in [-0.1, -0.05) is 0 Å². The number of hydrogen-bond acceptors (Lipinski definition) is 4. The van der Waals surface area contributed by atoms with Crippen molar-refractivity contribution in [3.63, 3.8) is 0 Å². The van der Waals surface area contributed by atoms with Crippen molar-refractivity contribution in [2.24, 2.45) is 11.5 Å². The molecule has 2 atom stereocenters. The fourth-order valence-corrected chi connectivity index (χ4v) is 0.815. The van der Waals surface area contributed by atoms with Crippen LogP contribution >= 0.6 is 0 Å². The standard InChI is InChI=1S/C7H18N2O2/c1-5(10)3-2-4-6(11)7(8)9/h5-7,10-11H,2-4,8-9H2,1H3. The maximum atomic E-state index is 9.11. The predicted octanol–water partition coefficient (Wildman–Crippen LogP) is -0.858. The van der Waals surface area contributed by atoms with E-state index in [2.05, 4.69) is 0 Å². The van der Waals surface area contributed by atoms with E-state index in [4.69, 9.17) is 21.7 Å². The van der Waals surface area contributed by atoms with Crippen LogP contribution in [0.5, 0.6) is 0 Å². The Kier molecular flexibility index (Phi) is 5.41. The van der Waals surface area contributed by atoms with Crippen LogP contribution in [0.25, 0.3) is 0 Å². The van der Waals surface area contributed by atoms with Gasteiger partial charge in [-0.2, -0.15) is 0 Å². The van der Waals surface area contributed by atoms with Gasteiger partial charge in [-0.3, -0.25) is 0 Å². The van der Waals surface area contributed by atoms with Gasteiger partial charge in [0.05, 0.1) is 18.4 Å². The molecule has 0 amide bonds. The number of aliphatic hydroxyl groups is 2. The maximum absolute atomic E-state index is 9.11. The average Bonchev–Trinajstić information content (AvgIpc) is 1.86. The lowest BCUT2D eigenvalue weighted by molar-refractivity contribution is 0.122. The molecule has 0 aromatic rings. The third kappa shape index (κ3) is 6.25. The summed E-state index contributed by atoms with van der Waals surface area (Å²) in [6.07, 6.45) is 0.379. The molecule has 0 spiro atoms. The Morgan fingerprint density at radius 3 is 2.09 bits per heavy atom. The third-order valence-corrected chi connectivity index (χ3v) is 1.57. The van der Waals surface area contributed by atoms with Crippen molar-refractivity contribution in [1.82, 2.24) is 0 Å². The smallest absolute Gasteiger partial charge is 0.0820 e. The number of rotatable bonds is 5. The molecule has 0 saturated carbocycles. The highest BCUT2D eigenvalue weighted by atomic mass is 16.3. The van der Waals surface area contributed by atoms with E-state index in [1.165, 1.54) is 0 Å². The van der Waals surface area contributed by atoms with Crippen LogP contribution in [0.3, 0.4) is 0 Å². The Morgan fingerprint density at radius 2 is 1.73 bits per heavy atom. The lowest BCUT2D eigenvalue weighted by atomic mass is 10.1. The van der Waals surface area contributed by atoms with Gasteiger partial charge in [-0.05, 0) is 26.2 Å². The highest BCUT2D eigenvalue weighted by Crippen LogP contribution is 2.03. The van der Waals surface area contributed by atoms with Crippen LogP contribution in [-0.4, -0.2) is 28.6 Å². The first-order valence-electron chi connectivity index (χ1n) is 3.91. The monoisotopic (exact) mass is 162 g/mol. The Hall–Kier alpha value is -0.160. The van der Waals surface area contributed by atoms with Gasteiger partial charge in [0.2, 0.25) is 0 Å². The third-order valence-electron chi connectivity index (χ3n) is 1.57. The first-order valence-corrected chi connectivity index (χ1v) is 3.91. The molecule has 4 heteroatoms. The molecule has 4 nitrogen and oxygen atoms in total. The van der Waals surface area contributed by atoms with E-state index in [1.807, 2.05) is 0 Å². The SMILES string of the molecule is CC(O)CCCC(O)C(N)N. The van der Waals surface area contributed by atoms with Crippen LogP contribution in [0, 0.1) is 0 Å². The van der Waals surface area contributed by atoms with Gasteiger partial charge in [-0.15, -0.1) is 0 Å². The molecular weight excluding hydrogens is 144 g/mol. The first kappa shape index (κ1) is 10.8. The molecule has 0 saturated heterocycles. The van der Waals surface area contributed by atoms with Crippen molar-refractivity contribution in [3.8, 4) is 0 Å². The quantitative estimate of drug-likeness (QED) is 0.396. The number of hydrogen-bond donors (Lipinski definition) is 4. The Balaban J connectivity index is 3.24. The van der Waals surface area contributed by atoms with Crippen LogP contribution in [0.4, 0.5) is 0 Å². The van der Waals surface area contributed by atoms with E-state index in [-0.39, 0.29) is 6.10 Å². The second kappa shape index (κ2) is 5.49. The zero-order valence-electron chi connectivity index (χ0n) is 6.90. The molecular formula is C7H18N2O2. The van der Waals surface area contributed by atoms with Gasteiger partial charge in [0, 0.05) is 0 Å². The molecule has 0 heterocycles. The predicted molar refractivity (Wildman–Crippen MR) is 43.7 cm³/mol. The van der Waals surface area contributed by atoms with Crippen LogP contribution in [0.15, 0.2) is 0 Å². The van der Waals surface area contributed by atoms with Gasteiger partial charge < -0.3 is 21.7 Å². The van der Waals surface area contributed by atoms with Gasteiger partial charge in [0.25, 0.3) is 0 Å². The van der Waals surface area contributed by atoms with Crippen molar-refractivity contribution in [2.45, 2.75) is 44.6 Å². The maximum Gasteiger partial charge on any atom is 0.0820 e. The summed E-state index contributed by atoms with van der Waals surface area (Å²) >= 11 is 0. The van der Waals surface area contributed by atoms with E-state index in [9.17, 15) is 0 Å². The van der Waals surface area contributed by atoms with Crippen molar-refractivity contribution < 1.29 is 10.2 Å². The summed E-state index contributed by atoms with van der Waals surface area (Å²) in [6.45, 7) is 1.72. The Labute approximate surface area is 67.2 Å². The molecule has 0 rings (SSSR count). The van der Waals surface area contributed by atoms with E-state index in [0.717, 1.165) is 6.42 Å². The highest BCUT2D eigenvalue weighted by Gasteiger charge is 2.09. The molecule has 0 aliphatic carbocycles. The molecule has 0 aromatic heterocycles. The lowest BCUT2D eigenvalue weighted by Crippen LogP contribution is -2.42. The fraction of sp³-hybridized carbons (Fsp3) is 1.00. The summed E-state index contributed by atoms with van der Waals surface area (Å²) < 4.78 is 0. The summed E-state index contributed by atoms with van der Waals surface area (Å²) in [7, 11) is 0. The van der Waals surface area contributed by atoms with E-state index >= 15 is 0 Å². The Bertz CT molecular complexity index is 96.4. The molecule has 6 N–H and O–H groups in total. The number of nitrogens with two attached hydrogens (primary N) is 2. The summed E-state index contributed by atoms with van der Waals surface area (Å²) in [6, 6.07) is 0. The molecule has 11 heavy (non-hydrogen) atoms. The molecule has 0 bridgehead atoms. The van der Waals surface area contributed by atoms with Crippen molar-refractivity contribution >= 4 is 0 Å². The summed E-state index contributed by atoms with van der Waals surface area (Å²) in [4.78, 5) is 0. The summed E-state index contributed by atoms with van der Waals surface area (Å²) in [5, 5.41) is 18.0. The van der Waals surface area contributed by atoms with Crippen LogP contribution in [-0.2, 0) is 0 Å². The van der Waals surface area contributed by atoms with Crippen molar-refractivity contribution in [2.75, 3.05) is 0 Å². The zero-order chi connectivity index (χ0) is 8.85. The van der Waals surface area contributed by atoms with Crippen LogP contribution in [0.1, 0.15) is 26.2 Å². The van der Waals surface area contributed by atoms with E-state index in [0.29, 0.717) is 12.8 Å². The Morgan fingerprint density at radius 1 is 1.18 bits per heavy atom. The average molecular weight is 162 g/mol. The molecule has 68 valence electrons. The summed E-state index contributed by atoms with van der Waals surface area (Å²) in [5.41, 5.74) is 10.4. The second-order valence-electron chi connectivity index (χ2n) is 2.92. The van der Waals surface area contributed by atoms with E-state index in [1.54, 1.807) is 6.92 Å². The minimum atomic E-state index is -0.663. The zero-order valence-corrected chi connectivity index (χ0v) is 6.90.